The summed E-state index contributed by atoms with van der Waals surface area (Å²) in [6, 6.07) is -0.662. The molecule has 0 spiro atoms. The van der Waals surface area contributed by atoms with Crippen molar-refractivity contribution in [2.24, 2.45) is 5.73 Å². The highest BCUT2D eigenvalue weighted by atomic mass is 16.6. The minimum absolute atomic E-state index is 0.127. The molecule has 1 atom stereocenters. The normalized spacial score (nSPS) is 12.2. The van der Waals surface area contributed by atoms with Crippen LogP contribution in [0.1, 0.15) is 40.0 Å². The molecule has 0 rings (SSSR count). The van der Waals surface area contributed by atoms with E-state index in [1.165, 1.54) is 0 Å². The first kappa shape index (κ1) is 18.3. The van der Waals surface area contributed by atoms with Crippen molar-refractivity contribution in [3.8, 4) is 12.3 Å². The van der Waals surface area contributed by atoms with E-state index in [1.807, 2.05) is 0 Å². The van der Waals surface area contributed by atoms with Gasteiger partial charge in [0, 0.05) is 0 Å². The number of nitrogens with two attached hydrogens (primary N) is 1. The van der Waals surface area contributed by atoms with Gasteiger partial charge in [0.25, 0.3) is 0 Å². The summed E-state index contributed by atoms with van der Waals surface area (Å²) in [5.74, 6) is 2.00. The lowest BCUT2D eigenvalue weighted by Crippen LogP contribution is -2.48. The minimum Gasteiger partial charge on any atom is -0.444 e. The topological polar surface area (TPSA) is 93.5 Å². The van der Waals surface area contributed by atoms with Crippen LogP contribution in [0.4, 0.5) is 4.79 Å². The number of hydrogen-bond acceptors (Lipinski definition) is 4. The average Bonchev–Trinajstić information content (AvgIpc) is 2.32. The van der Waals surface area contributed by atoms with Gasteiger partial charge in [0.2, 0.25) is 5.91 Å². The van der Waals surface area contributed by atoms with Crippen LogP contribution in [-0.2, 0) is 9.53 Å². The van der Waals surface area contributed by atoms with Gasteiger partial charge in [-0.25, -0.2) is 4.79 Å². The Bertz CT molecular complexity index is 356. The minimum atomic E-state index is -0.662. The summed E-state index contributed by atoms with van der Waals surface area (Å²) < 4.78 is 5.13. The molecule has 0 aliphatic rings. The van der Waals surface area contributed by atoms with Gasteiger partial charge < -0.3 is 21.1 Å². The summed E-state index contributed by atoms with van der Waals surface area (Å²) >= 11 is 0. The Morgan fingerprint density at radius 2 is 2.00 bits per heavy atom. The van der Waals surface area contributed by atoms with Gasteiger partial charge >= 0.3 is 6.09 Å². The molecule has 4 N–H and O–H groups in total. The van der Waals surface area contributed by atoms with Gasteiger partial charge in [-0.05, 0) is 46.6 Å². The molecule has 0 saturated carbocycles. The van der Waals surface area contributed by atoms with Gasteiger partial charge in [0.1, 0.15) is 11.6 Å². The van der Waals surface area contributed by atoms with E-state index in [9.17, 15) is 9.59 Å². The first-order valence-corrected chi connectivity index (χ1v) is 6.71. The van der Waals surface area contributed by atoms with Crippen LogP contribution in [0.25, 0.3) is 0 Å². The molecular formula is C14H25N3O3. The molecule has 0 aromatic carbocycles. The molecule has 0 heterocycles. The van der Waals surface area contributed by atoms with Gasteiger partial charge in [-0.3, -0.25) is 4.79 Å². The van der Waals surface area contributed by atoms with E-state index in [0.29, 0.717) is 13.0 Å². The number of alkyl carbamates (subject to hydrolysis) is 1. The molecule has 0 unspecified atom stereocenters. The zero-order chi connectivity index (χ0) is 15.6. The van der Waals surface area contributed by atoms with E-state index in [4.69, 9.17) is 16.9 Å². The Balaban J connectivity index is 4.47. The van der Waals surface area contributed by atoms with Crippen LogP contribution >= 0.6 is 0 Å². The summed E-state index contributed by atoms with van der Waals surface area (Å²) in [4.78, 5) is 23.6. The Labute approximate surface area is 120 Å². The van der Waals surface area contributed by atoms with Crippen molar-refractivity contribution in [3.05, 3.63) is 0 Å². The number of hydrogen-bond donors (Lipinski definition) is 3. The molecular weight excluding hydrogens is 258 g/mol. The molecule has 6 heteroatoms. The predicted molar refractivity (Wildman–Crippen MR) is 77.9 cm³/mol. The zero-order valence-corrected chi connectivity index (χ0v) is 12.5. The molecule has 0 radical (unpaired) electrons. The van der Waals surface area contributed by atoms with Crippen LogP contribution in [0.2, 0.25) is 0 Å². The average molecular weight is 283 g/mol. The molecule has 0 bridgehead atoms. The fourth-order valence-corrected chi connectivity index (χ4v) is 1.47. The Kier molecular flexibility index (Phi) is 8.41. The second-order valence-corrected chi connectivity index (χ2v) is 5.41. The zero-order valence-electron chi connectivity index (χ0n) is 12.5. The van der Waals surface area contributed by atoms with E-state index in [2.05, 4.69) is 16.6 Å². The number of unbranched alkanes of at least 4 members (excludes halogenated alkanes) is 1. The van der Waals surface area contributed by atoms with Crippen molar-refractivity contribution in [2.75, 3.05) is 13.1 Å². The fraction of sp³-hybridized carbons (Fsp3) is 0.714. The van der Waals surface area contributed by atoms with Gasteiger partial charge in [0.05, 0.1) is 6.54 Å². The number of carbonyl (C=O) groups is 2. The molecule has 0 aliphatic heterocycles. The van der Waals surface area contributed by atoms with E-state index < -0.39 is 17.7 Å². The van der Waals surface area contributed by atoms with Crippen LogP contribution in [0.5, 0.6) is 0 Å². The van der Waals surface area contributed by atoms with E-state index in [0.717, 1.165) is 12.8 Å². The summed E-state index contributed by atoms with van der Waals surface area (Å²) in [5.41, 5.74) is 4.81. The van der Waals surface area contributed by atoms with Crippen LogP contribution < -0.4 is 16.4 Å². The molecule has 0 saturated heterocycles. The molecule has 0 aromatic rings. The third kappa shape index (κ3) is 9.22. The first-order valence-electron chi connectivity index (χ1n) is 6.71. The number of carbonyl (C=O) groups excluding carboxylic acids is 2. The van der Waals surface area contributed by atoms with Crippen LogP contribution in [0.3, 0.4) is 0 Å². The van der Waals surface area contributed by atoms with Gasteiger partial charge in [-0.1, -0.05) is 5.92 Å². The standard InChI is InChI=1S/C14H25N3O3/c1-5-10-16-12(18)11(8-6-7-9-15)17-13(19)20-14(2,3)4/h1,11H,6-10,15H2,2-4H3,(H,16,18)(H,17,19)/t11-/m0/s1. The molecule has 0 aliphatic carbocycles. The molecule has 0 aromatic heterocycles. The Morgan fingerprint density at radius 3 is 2.50 bits per heavy atom. The molecule has 0 fully saturated rings. The number of nitrogens with one attached hydrogen (secondary N) is 2. The second kappa shape index (κ2) is 9.21. The monoisotopic (exact) mass is 283 g/mol. The lowest BCUT2D eigenvalue weighted by atomic mass is 10.1. The lowest BCUT2D eigenvalue weighted by molar-refractivity contribution is -0.123. The Hall–Kier alpha value is -1.74. The maximum Gasteiger partial charge on any atom is 0.408 e. The number of terminal acetylenes is 1. The lowest BCUT2D eigenvalue weighted by Gasteiger charge is -2.23. The fourth-order valence-electron chi connectivity index (χ4n) is 1.47. The number of rotatable bonds is 7. The highest BCUT2D eigenvalue weighted by Crippen LogP contribution is 2.08. The number of amides is 2. The van der Waals surface area contributed by atoms with Crippen molar-refractivity contribution in [1.82, 2.24) is 10.6 Å². The van der Waals surface area contributed by atoms with Crippen molar-refractivity contribution in [1.29, 1.82) is 0 Å². The van der Waals surface area contributed by atoms with Crippen LogP contribution in [-0.4, -0.2) is 36.7 Å². The van der Waals surface area contributed by atoms with Crippen molar-refractivity contribution >= 4 is 12.0 Å². The third-order valence-corrected chi connectivity index (χ3v) is 2.32. The van der Waals surface area contributed by atoms with E-state index in [1.54, 1.807) is 20.8 Å². The van der Waals surface area contributed by atoms with Crippen LogP contribution in [0, 0.1) is 12.3 Å². The first-order chi connectivity index (χ1) is 9.30. The van der Waals surface area contributed by atoms with Crippen molar-refractivity contribution < 1.29 is 14.3 Å². The maximum absolute atomic E-state index is 11.9. The SMILES string of the molecule is C#CCNC(=O)[C@H](CCCCN)NC(=O)OC(C)(C)C. The van der Waals surface area contributed by atoms with Crippen molar-refractivity contribution in [2.45, 2.75) is 51.7 Å². The molecule has 6 nitrogen and oxygen atoms in total. The molecule has 20 heavy (non-hydrogen) atoms. The maximum atomic E-state index is 11.9. The third-order valence-electron chi connectivity index (χ3n) is 2.32. The highest BCUT2D eigenvalue weighted by Gasteiger charge is 2.23. The predicted octanol–water partition coefficient (Wildman–Crippen LogP) is 0.758. The second-order valence-electron chi connectivity index (χ2n) is 5.41. The smallest absolute Gasteiger partial charge is 0.408 e. The van der Waals surface area contributed by atoms with Gasteiger partial charge in [-0.15, -0.1) is 6.42 Å². The summed E-state index contributed by atoms with van der Waals surface area (Å²) in [7, 11) is 0. The number of ether oxygens (including phenoxy) is 1. The summed E-state index contributed by atoms with van der Waals surface area (Å²) in [6.45, 7) is 5.95. The molecule has 2 amide bonds. The molecule has 114 valence electrons. The van der Waals surface area contributed by atoms with Gasteiger partial charge in [0.15, 0.2) is 0 Å². The Morgan fingerprint density at radius 1 is 1.35 bits per heavy atom. The largest absolute Gasteiger partial charge is 0.444 e. The van der Waals surface area contributed by atoms with E-state index in [-0.39, 0.29) is 12.5 Å². The van der Waals surface area contributed by atoms with Crippen molar-refractivity contribution in [3.63, 3.8) is 0 Å². The highest BCUT2D eigenvalue weighted by molar-refractivity contribution is 5.85. The summed E-state index contributed by atoms with van der Waals surface area (Å²) in [6.07, 6.45) is 6.49. The van der Waals surface area contributed by atoms with Crippen LogP contribution in [0.15, 0.2) is 0 Å². The van der Waals surface area contributed by atoms with E-state index >= 15 is 0 Å². The van der Waals surface area contributed by atoms with Gasteiger partial charge in [-0.2, -0.15) is 0 Å². The summed E-state index contributed by atoms with van der Waals surface area (Å²) in [5, 5.41) is 5.11. The quantitative estimate of drug-likeness (QED) is 0.475.